The van der Waals surface area contributed by atoms with Gasteiger partial charge in [-0.25, -0.2) is 4.57 Å². The molecule has 0 amide bonds. The molecule has 0 saturated heterocycles. The first kappa shape index (κ1) is 13.6. The monoisotopic (exact) mass is 260 g/mol. The lowest BCUT2D eigenvalue weighted by molar-refractivity contribution is 0.193. The van der Waals surface area contributed by atoms with Crippen LogP contribution in [0.5, 0.6) is 0 Å². The molecular formula is C10H17O4PSi. The van der Waals surface area contributed by atoms with Gasteiger partial charge in [0.15, 0.2) is 8.32 Å². The highest BCUT2D eigenvalue weighted by Crippen LogP contribution is 2.46. The summed E-state index contributed by atoms with van der Waals surface area (Å²) in [6.45, 7) is 5.59. The third-order valence-electron chi connectivity index (χ3n) is 1.63. The molecule has 0 spiro atoms. The van der Waals surface area contributed by atoms with Gasteiger partial charge in [-0.2, -0.15) is 0 Å². The molecular weight excluding hydrogens is 243 g/mol. The van der Waals surface area contributed by atoms with Crippen molar-refractivity contribution in [2.75, 3.05) is 0 Å². The SMILES string of the molecule is C[Si](C)(C)OP(=O)(O)OCc1ccccc1. The quantitative estimate of drug-likeness (QED) is 0.652. The molecule has 0 saturated carbocycles. The van der Waals surface area contributed by atoms with Gasteiger partial charge in [0, 0.05) is 0 Å². The van der Waals surface area contributed by atoms with Crippen LogP contribution in [0.2, 0.25) is 19.6 Å². The molecule has 16 heavy (non-hydrogen) atoms. The molecule has 1 aromatic carbocycles. The van der Waals surface area contributed by atoms with Gasteiger partial charge >= 0.3 is 7.82 Å². The summed E-state index contributed by atoms with van der Waals surface area (Å²) in [4.78, 5) is 9.46. The van der Waals surface area contributed by atoms with Crippen molar-refractivity contribution in [3.8, 4) is 0 Å². The van der Waals surface area contributed by atoms with Crippen molar-refractivity contribution in [3.05, 3.63) is 35.9 Å². The first-order valence-corrected chi connectivity index (χ1v) is 9.91. The Kier molecular flexibility index (Phi) is 4.47. The van der Waals surface area contributed by atoms with Crippen LogP contribution in [-0.2, 0) is 19.9 Å². The summed E-state index contributed by atoms with van der Waals surface area (Å²) < 4.78 is 21.5. The third-order valence-corrected chi connectivity index (χ3v) is 5.20. The highest BCUT2D eigenvalue weighted by Gasteiger charge is 2.29. The summed E-state index contributed by atoms with van der Waals surface area (Å²) in [5.41, 5.74) is 0.843. The van der Waals surface area contributed by atoms with Gasteiger partial charge in [-0.05, 0) is 25.2 Å². The van der Waals surface area contributed by atoms with E-state index < -0.39 is 16.1 Å². The van der Waals surface area contributed by atoms with E-state index in [2.05, 4.69) is 0 Å². The molecule has 0 radical (unpaired) electrons. The topological polar surface area (TPSA) is 55.8 Å². The van der Waals surface area contributed by atoms with Crippen LogP contribution in [0.1, 0.15) is 5.56 Å². The molecule has 1 unspecified atom stereocenters. The lowest BCUT2D eigenvalue weighted by Gasteiger charge is -2.21. The van der Waals surface area contributed by atoms with E-state index in [9.17, 15) is 9.46 Å². The van der Waals surface area contributed by atoms with Crippen molar-refractivity contribution in [1.29, 1.82) is 0 Å². The molecule has 1 rings (SSSR count). The number of benzene rings is 1. The van der Waals surface area contributed by atoms with Gasteiger partial charge in [0.1, 0.15) is 0 Å². The molecule has 0 aliphatic rings. The van der Waals surface area contributed by atoms with Crippen molar-refractivity contribution in [2.45, 2.75) is 26.2 Å². The Morgan fingerprint density at radius 1 is 1.25 bits per heavy atom. The number of hydrogen-bond donors (Lipinski definition) is 1. The molecule has 0 bridgehead atoms. The minimum atomic E-state index is -3.92. The van der Waals surface area contributed by atoms with Crippen LogP contribution in [0.15, 0.2) is 30.3 Å². The van der Waals surface area contributed by atoms with Gasteiger partial charge in [0.05, 0.1) is 6.61 Å². The van der Waals surface area contributed by atoms with Crippen molar-refractivity contribution >= 4 is 16.1 Å². The fourth-order valence-corrected chi connectivity index (χ4v) is 4.39. The van der Waals surface area contributed by atoms with E-state index in [0.717, 1.165) is 5.56 Å². The van der Waals surface area contributed by atoms with Crippen molar-refractivity contribution in [1.82, 2.24) is 0 Å². The predicted molar refractivity (Wildman–Crippen MR) is 65.5 cm³/mol. The minimum Gasteiger partial charge on any atom is -0.330 e. The zero-order valence-electron chi connectivity index (χ0n) is 9.71. The zero-order valence-corrected chi connectivity index (χ0v) is 11.6. The van der Waals surface area contributed by atoms with Crippen LogP contribution in [0.25, 0.3) is 0 Å². The van der Waals surface area contributed by atoms with Crippen LogP contribution < -0.4 is 0 Å². The van der Waals surface area contributed by atoms with E-state index in [-0.39, 0.29) is 6.61 Å². The lowest BCUT2D eigenvalue weighted by atomic mass is 10.2. The Hall–Kier alpha value is -0.453. The van der Waals surface area contributed by atoms with Gasteiger partial charge < -0.3 is 9.11 Å². The predicted octanol–water partition coefficient (Wildman–Crippen LogP) is 3.16. The van der Waals surface area contributed by atoms with Crippen molar-refractivity contribution in [3.63, 3.8) is 0 Å². The first-order chi connectivity index (χ1) is 7.29. The lowest BCUT2D eigenvalue weighted by Crippen LogP contribution is -2.24. The summed E-state index contributed by atoms with van der Waals surface area (Å²) in [7, 11) is -5.99. The largest absolute Gasteiger partial charge is 0.462 e. The van der Waals surface area contributed by atoms with Crippen molar-refractivity contribution in [2.24, 2.45) is 0 Å². The molecule has 0 fully saturated rings. The molecule has 1 N–H and O–H groups in total. The van der Waals surface area contributed by atoms with E-state index in [4.69, 9.17) is 8.74 Å². The summed E-state index contributed by atoms with van der Waals surface area (Å²) in [5.74, 6) is 0. The van der Waals surface area contributed by atoms with E-state index in [1.807, 2.05) is 50.0 Å². The van der Waals surface area contributed by atoms with Gasteiger partial charge in [0.25, 0.3) is 0 Å². The number of phosphoric ester groups is 1. The van der Waals surface area contributed by atoms with Crippen LogP contribution in [0.4, 0.5) is 0 Å². The highest BCUT2D eigenvalue weighted by atomic mass is 31.2. The normalized spacial score (nSPS) is 15.8. The molecule has 0 heterocycles. The third kappa shape index (κ3) is 5.58. The molecule has 0 aliphatic heterocycles. The smallest absolute Gasteiger partial charge is 0.330 e. The fourth-order valence-electron chi connectivity index (χ4n) is 1.10. The molecule has 1 atom stereocenters. The van der Waals surface area contributed by atoms with Crippen molar-refractivity contribution < 1.29 is 18.2 Å². The molecule has 90 valence electrons. The molecule has 4 nitrogen and oxygen atoms in total. The van der Waals surface area contributed by atoms with Gasteiger partial charge in [-0.3, -0.25) is 4.52 Å². The van der Waals surface area contributed by atoms with Crippen LogP contribution in [0, 0.1) is 0 Å². The van der Waals surface area contributed by atoms with Crippen LogP contribution in [-0.4, -0.2) is 13.2 Å². The minimum absolute atomic E-state index is 0.0824. The van der Waals surface area contributed by atoms with E-state index in [1.54, 1.807) is 0 Å². The summed E-state index contributed by atoms with van der Waals surface area (Å²) in [5, 5.41) is 0. The van der Waals surface area contributed by atoms with Crippen LogP contribution in [0.3, 0.4) is 0 Å². The second-order valence-corrected chi connectivity index (χ2v) is 10.6. The highest BCUT2D eigenvalue weighted by molar-refractivity contribution is 7.49. The van der Waals surface area contributed by atoms with E-state index >= 15 is 0 Å². The number of rotatable bonds is 5. The summed E-state index contributed by atoms with van der Waals surface area (Å²) in [6, 6.07) is 9.23. The maximum Gasteiger partial charge on any atom is 0.462 e. The fraction of sp³-hybridized carbons (Fsp3) is 0.400. The zero-order chi connectivity index (χ0) is 12.2. The number of phosphoric acid groups is 1. The second-order valence-electron chi connectivity index (χ2n) is 4.43. The van der Waals surface area contributed by atoms with Crippen LogP contribution >= 0.6 is 7.82 Å². The van der Waals surface area contributed by atoms with E-state index in [1.165, 1.54) is 0 Å². The average Bonchev–Trinajstić information content (AvgIpc) is 2.13. The average molecular weight is 260 g/mol. The van der Waals surface area contributed by atoms with Gasteiger partial charge in [-0.15, -0.1) is 0 Å². The van der Waals surface area contributed by atoms with E-state index in [0.29, 0.717) is 0 Å². The Labute approximate surface area is 97.0 Å². The molecule has 0 aliphatic carbocycles. The molecule has 0 aromatic heterocycles. The Balaban J connectivity index is 2.52. The van der Waals surface area contributed by atoms with Gasteiger partial charge in [-0.1, -0.05) is 30.3 Å². The Morgan fingerprint density at radius 2 is 1.81 bits per heavy atom. The standard InChI is InChI=1S/C10H17O4PSi/c1-16(2,3)14-15(11,12)13-9-10-7-5-4-6-8-10/h4-8H,9H2,1-3H3,(H,11,12). The Morgan fingerprint density at radius 3 is 2.31 bits per heavy atom. The summed E-state index contributed by atoms with van der Waals surface area (Å²) in [6.07, 6.45) is 0. The maximum atomic E-state index is 11.5. The molecule has 6 heteroatoms. The summed E-state index contributed by atoms with van der Waals surface area (Å²) >= 11 is 0. The Bertz CT molecular complexity index is 374. The molecule has 1 aromatic rings. The van der Waals surface area contributed by atoms with Gasteiger partial charge in [0.2, 0.25) is 0 Å². The second kappa shape index (κ2) is 5.25. The first-order valence-electron chi connectivity index (χ1n) is 5.00. The number of hydrogen-bond acceptors (Lipinski definition) is 3. The maximum absolute atomic E-state index is 11.5.